The Balaban J connectivity index is 2.24. The second-order valence-corrected chi connectivity index (χ2v) is 2.91. The number of rotatable bonds is 1. The van der Waals surface area contributed by atoms with E-state index in [-0.39, 0.29) is 11.4 Å². The van der Waals surface area contributed by atoms with Crippen molar-refractivity contribution in [1.29, 1.82) is 0 Å². The predicted octanol–water partition coefficient (Wildman–Crippen LogP) is -0.763. The summed E-state index contributed by atoms with van der Waals surface area (Å²) >= 11 is 0. The average molecular weight is 126 g/mol. The van der Waals surface area contributed by atoms with Gasteiger partial charge in [0.2, 0.25) is 5.91 Å². The summed E-state index contributed by atoms with van der Waals surface area (Å²) in [6.07, 6.45) is 1.98. The molecular formula is C6H10N2O. The predicted molar refractivity (Wildman–Crippen MR) is 33.0 cm³/mol. The lowest BCUT2D eigenvalue weighted by atomic mass is 9.78. The first-order chi connectivity index (χ1) is 4.27. The highest BCUT2D eigenvalue weighted by Crippen LogP contribution is 2.38. The fourth-order valence-corrected chi connectivity index (χ4v) is 1.71. The van der Waals surface area contributed by atoms with Crippen LogP contribution in [0.2, 0.25) is 0 Å². The van der Waals surface area contributed by atoms with Gasteiger partial charge in [0.25, 0.3) is 0 Å². The summed E-state index contributed by atoms with van der Waals surface area (Å²) in [4.78, 5) is 11.0. The second kappa shape index (κ2) is 1.29. The lowest BCUT2D eigenvalue weighted by Gasteiger charge is -2.33. The molecular weight excluding hydrogens is 116 g/mol. The van der Waals surface area contributed by atoms with Crippen LogP contribution in [-0.2, 0) is 4.79 Å². The number of likely N-dealkylation sites (N-methyl/N-ethyl adjacent to an activating group) is 1. The van der Waals surface area contributed by atoms with Crippen LogP contribution in [0.15, 0.2) is 0 Å². The molecule has 3 rings (SSSR count). The minimum absolute atomic E-state index is 0.162. The van der Waals surface area contributed by atoms with Crippen molar-refractivity contribution in [3.63, 3.8) is 0 Å². The zero-order chi connectivity index (χ0) is 6.48. The quantitative estimate of drug-likeness (QED) is 0.484. The van der Waals surface area contributed by atoms with Crippen LogP contribution in [-0.4, -0.2) is 24.5 Å². The fourth-order valence-electron chi connectivity index (χ4n) is 1.71. The Morgan fingerprint density at radius 1 is 1.78 bits per heavy atom. The molecule has 2 heterocycles. The van der Waals surface area contributed by atoms with Gasteiger partial charge in [0.1, 0.15) is 5.54 Å². The molecule has 2 aliphatic heterocycles. The van der Waals surface area contributed by atoms with Crippen molar-refractivity contribution in [1.82, 2.24) is 10.6 Å². The molecule has 3 nitrogen and oxygen atoms in total. The second-order valence-electron chi connectivity index (χ2n) is 2.91. The van der Waals surface area contributed by atoms with Crippen molar-refractivity contribution in [3.05, 3.63) is 0 Å². The van der Waals surface area contributed by atoms with E-state index >= 15 is 0 Å². The van der Waals surface area contributed by atoms with Crippen LogP contribution in [0.3, 0.4) is 0 Å². The fraction of sp³-hybridized carbons (Fsp3) is 0.833. The van der Waals surface area contributed by atoms with Crippen molar-refractivity contribution in [2.45, 2.75) is 24.4 Å². The highest BCUT2D eigenvalue weighted by molar-refractivity contribution is 5.92. The Bertz CT molecular complexity index is 160. The number of carbonyl (C=O) groups is 1. The smallest absolute Gasteiger partial charge is 0.240 e. The molecule has 1 saturated carbocycles. The molecule has 0 atom stereocenters. The number of nitrogens with one attached hydrogen (secondary N) is 2. The van der Waals surface area contributed by atoms with Crippen molar-refractivity contribution in [3.8, 4) is 0 Å². The van der Waals surface area contributed by atoms with Gasteiger partial charge in [0.15, 0.2) is 0 Å². The molecule has 0 aromatic rings. The molecule has 0 radical (unpaired) electrons. The maximum atomic E-state index is 11.0. The third-order valence-electron chi connectivity index (χ3n) is 2.44. The molecule has 3 heteroatoms. The summed E-state index contributed by atoms with van der Waals surface area (Å²) in [7, 11) is 1.85. The van der Waals surface area contributed by atoms with Crippen LogP contribution in [0.4, 0.5) is 0 Å². The Labute approximate surface area is 53.8 Å². The average Bonchev–Trinajstić information content (AvgIpc) is 2.17. The molecule has 0 aromatic heterocycles. The normalized spacial score (nSPS) is 46.3. The highest BCUT2D eigenvalue weighted by atomic mass is 16.2. The van der Waals surface area contributed by atoms with E-state index in [1.165, 1.54) is 0 Å². The molecule has 1 amide bonds. The van der Waals surface area contributed by atoms with E-state index in [2.05, 4.69) is 10.6 Å². The van der Waals surface area contributed by atoms with Gasteiger partial charge in [-0.2, -0.15) is 0 Å². The summed E-state index contributed by atoms with van der Waals surface area (Å²) in [5.74, 6) is 0.190. The van der Waals surface area contributed by atoms with Crippen molar-refractivity contribution in [2.75, 3.05) is 7.05 Å². The first-order valence-corrected chi connectivity index (χ1v) is 3.27. The maximum absolute atomic E-state index is 11.0. The Morgan fingerprint density at radius 2 is 2.44 bits per heavy atom. The lowest BCUT2D eigenvalue weighted by Crippen LogP contribution is -2.52. The van der Waals surface area contributed by atoms with Crippen LogP contribution in [0.1, 0.15) is 12.8 Å². The van der Waals surface area contributed by atoms with E-state index < -0.39 is 0 Å². The summed E-state index contributed by atoms with van der Waals surface area (Å²) < 4.78 is 0. The molecule has 1 aliphatic carbocycles. The van der Waals surface area contributed by atoms with Gasteiger partial charge in [0, 0.05) is 6.04 Å². The first kappa shape index (κ1) is 5.23. The number of carbonyl (C=O) groups excluding carboxylic acids is 1. The van der Waals surface area contributed by atoms with Crippen LogP contribution in [0.25, 0.3) is 0 Å². The van der Waals surface area contributed by atoms with Crippen molar-refractivity contribution < 1.29 is 4.79 Å². The zero-order valence-electron chi connectivity index (χ0n) is 5.40. The molecule has 9 heavy (non-hydrogen) atoms. The molecule has 3 fully saturated rings. The monoisotopic (exact) mass is 126 g/mol. The van der Waals surface area contributed by atoms with Gasteiger partial charge < -0.3 is 10.6 Å². The van der Waals surface area contributed by atoms with Gasteiger partial charge >= 0.3 is 0 Å². The van der Waals surface area contributed by atoms with E-state index in [0.29, 0.717) is 6.04 Å². The minimum Gasteiger partial charge on any atom is -0.352 e. The van der Waals surface area contributed by atoms with Crippen molar-refractivity contribution in [2.24, 2.45) is 0 Å². The molecule has 3 aliphatic rings. The molecule has 50 valence electrons. The van der Waals surface area contributed by atoms with Gasteiger partial charge in [0.05, 0.1) is 0 Å². The topological polar surface area (TPSA) is 41.1 Å². The third kappa shape index (κ3) is 0.435. The van der Waals surface area contributed by atoms with E-state index in [0.717, 1.165) is 12.8 Å². The van der Waals surface area contributed by atoms with Crippen LogP contribution >= 0.6 is 0 Å². The summed E-state index contributed by atoms with van der Waals surface area (Å²) in [6.45, 7) is 0. The third-order valence-corrected chi connectivity index (χ3v) is 2.44. The zero-order valence-corrected chi connectivity index (χ0v) is 5.40. The van der Waals surface area contributed by atoms with E-state index in [9.17, 15) is 4.79 Å². The molecule has 0 spiro atoms. The van der Waals surface area contributed by atoms with Gasteiger partial charge in [-0.15, -0.1) is 0 Å². The summed E-state index contributed by atoms with van der Waals surface area (Å²) in [5.41, 5.74) is -0.162. The largest absolute Gasteiger partial charge is 0.352 e. The lowest BCUT2D eigenvalue weighted by molar-refractivity contribution is -0.123. The first-order valence-electron chi connectivity index (χ1n) is 3.27. The van der Waals surface area contributed by atoms with E-state index in [4.69, 9.17) is 0 Å². The molecule has 2 N–H and O–H groups in total. The van der Waals surface area contributed by atoms with Crippen LogP contribution < -0.4 is 10.6 Å². The van der Waals surface area contributed by atoms with Gasteiger partial charge in [-0.1, -0.05) is 0 Å². The van der Waals surface area contributed by atoms with Gasteiger partial charge in [-0.25, -0.2) is 0 Å². The summed E-state index contributed by atoms with van der Waals surface area (Å²) in [6, 6.07) is 0.477. The number of hydrogen-bond donors (Lipinski definition) is 2. The highest BCUT2D eigenvalue weighted by Gasteiger charge is 2.56. The van der Waals surface area contributed by atoms with E-state index in [1.54, 1.807) is 0 Å². The van der Waals surface area contributed by atoms with Crippen LogP contribution in [0, 0.1) is 0 Å². The Kier molecular flexibility index (Phi) is 0.750. The molecule has 2 saturated heterocycles. The standard InChI is InChI=1S/C6H10N2O/c1-7-6-2-4(3-6)8-5(6)9/h4,7H,2-3H2,1H3,(H,8,9). The molecule has 2 bridgehead atoms. The number of fused-ring (bicyclic) bond motifs is 1. The molecule has 0 aromatic carbocycles. The van der Waals surface area contributed by atoms with Gasteiger partial charge in [-0.05, 0) is 19.9 Å². The van der Waals surface area contributed by atoms with Crippen LogP contribution in [0.5, 0.6) is 0 Å². The van der Waals surface area contributed by atoms with Crippen molar-refractivity contribution >= 4 is 5.91 Å². The maximum Gasteiger partial charge on any atom is 0.240 e. The Morgan fingerprint density at radius 3 is 2.67 bits per heavy atom. The molecule has 0 unspecified atom stereocenters. The number of amides is 1. The Hall–Kier alpha value is -0.570. The van der Waals surface area contributed by atoms with E-state index in [1.807, 2.05) is 7.05 Å². The number of hydrogen-bond acceptors (Lipinski definition) is 2. The summed E-state index contributed by atoms with van der Waals surface area (Å²) in [5, 5.41) is 5.93. The minimum atomic E-state index is -0.162. The van der Waals surface area contributed by atoms with Gasteiger partial charge in [-0.3, -0.25) is 4.79 Å². The SMILES string of the molecule is CNC12CC(C1)NC2=O.